The van der Waals surface area contributed by atoms with E-state index in [1.165, 1.54) is 12.1 Å². The zero-order chi connectivity index (χ0) is 24.5. The second-order valence-corrected chi connectivity index (χ2v) is 8.83. The number of hydrogen-bond donors (Lipinski definition) is 2. The van der Waals surface area contributed by atoms with E-state index < -0.39 is 0 Å². The van der Waals surface area contributed by atoms with Gasteiger partial charge in [-0.15, -0.1) is 0 Å². The number of nitrogens with zero attached hydrogens (tertiary/aromatic N) is 2. The number of urea groups is 1. The molecule has 0 unspecified atom stereocenters. The fourth-order valence-corrected chi connectivity index (χ4v) is 3.78. The summed E-state index contributed by atoms with van der Waals surface area (Å²) in [6.07, 6.45) is 1.51. The molecule has 0 bridgehead atoms. The minimum atomic E-state index is -0.301. The number of anilines is 2. The third kappa shape index (κ3) is 7.77. The largest absolute Gasteiger partial charge is 0.377 e. The molecule has 33 heavy (non-hydrogen) atoms. The fraction of sp³-hybridized carbons (Fsp3) is 0.462. The van der Waals surface area contributed by atoms with Crippen molar-refractivity contribution in [2.45, 2.75) is 59.7 Å². The molecule has 0 heterocycles. The topological polar surface area (TPSA) is 64.7 Å². The van der Waals surface area contributed by atoms with E-state index in [0.29, 0.717) is 18.8 Å². The third-order valence-electron chi connectivity index (χ3n) is 5.53. The normalized spacial score (nSPS) is 10.9. The van der Waals surface area contributed by atoms with Crippen molar-refractivity contribution >= 4 is 23.3 Å². The molecule has 7 heteroatoms. The number of rotatable bonds is 10. The van der Waals surface area contributed by atoms with Gasteiger partial charge < -0.3 is 20.4 Å². The van der Waals surface area contributed by atoms with E-state index in [0.717, 1.165) is 29.7 Å². The van der Waals surface area contributed by atoms with Crippen molar-refractivity contribution in [1.29, 1.82) is 0 Å². The van der Waals surface area contributed by atoms with E-state index in [1.54, 1.807) is 12.1 Å². The average molecular weight is 457 g/mol. The van der Waals surface area contributed by atoms with Crippen LogP contribution < -0.4 is 15.5 Å². The molecule has 0 aromatic heterocycles. The van der Waals surface area contributed by atoms with Crippen molar-refractivity contribution in [3.05, 3.63) is 59.4 Å². The molecular formula is C26H37FN4O2. The molecule has 0 aliphatic rings. The molecule has 0 aliphatic carbocycles. The van der Waals surface area contributed by atoms with Crippen LogP contribution in [0.4, 0.5) is 20.6 Å². The quantitative estimate of drug-likeness (QED) is 0.504. The first-order chi connectivity index (χ1) is 15.6. The van der Waals surface area contributed by atoms with Crippen molar-refractivity contribution in [2.24, 2.45) is 5.92 Å². The molecule has 2 aromatic rings. The van der Waals surface area contributed by atoms with Crippen LogP contribution in [0, 0.1) is 11.7 Å². The molecule has 0 fully saturated rings. The van der Waals surface area contributed by atoms with E-state index in [4.69, 9.17) is 0 Å². The van der Waals surface area contributed by atoms with Gasteiger partial charge in [0, 0.05) is 50.5 Å². The summed E-state index contributed by atoms with van der Waals surface area (Å²) < 4.78 is 13.4. The molecule has 0 atom stereocenters. The van der Waals surface area contributed by atoms with E-state index in [-0.39, 0.29) is 29.7 Å². The minimum Gasteiger partial charge on any atom is -0.377 e. The summed E-state index contributed by atoms with van der Waals surface area (Å²) in [7, 11) is 3.90. The highest BCUT2D eigenvalue weighted by Crippen LogP contribution is 2.27. The second-order valence-electron chi connectivity index (χ2n) is 8.83. The van der Waals surface area contributed by atoms with Crippen molar-refractivity contribution in [1.82, 2.24) is 10.2 Å². The van der Waals surface area contributed by atoms with Crippen molar-refractivity contribution in [3.63, 3.8) is 0 Å². The minimum absolute atomic E-state index is 0.0226. The highest BCUT2D eigenvalue weighted by molar-refractivity contribution is 5.90. The van der Waals surface area contributed by atoms with Crippen LogP contribution in [0.2, 0.25) is 0 Å². The first-order valence-corrected chi connectivity index (χ1v) is 11.6. The van der Waals surface area contributed by atoms with Gasteiger partial charge in [0.1, 0.15) is 5.82 Å². The Hall–Kier alpha value is -3.09. The first-order valence-electron chi connectivity index (χ1n) is 11.6. The monoisotopic (exact) mass is 456 g/mol. The van der Waals surface area contributed by atoms with E-state index in [9.17, 15) is 14.0 Å². The molecule has 0 aliphatic heterocycles. The number of amides is 3. The van der Waals surface area contributed by atoms with Crippen molar-refractivity contribution in [3.8, 4) is 0 Å². The molecule has 6 nitrogen and oxygen atoms in total. The van der Waals surface area contributed by atoms with Gasteiger partial charge in [0.05, 0.1) is 0 Å². The summed E-state index contributed by atoms with van der Waals surface area (Å²) in [4.78, 5) is 29.4. The SMILES string of the molecule is CCC(CC)C(=O)N(Cc1ccc(F)cc1)Cc1cc(NC(=O)NC(C)C)ccc1N(C)C. The summed E-state index contributed by atoms with van der Waals surface area (Å²) in [5, 5.41) is 5.69. The molecule has 180 valence electrons. The van der Waals surface area contributed by atoms with E-state index in [1.807, 2.05) is 69.8 Å². The zero-order valence-corrected chi connectivity index (χ0v) is 20.6. The van der Waals surface area contributed by atoms with Gasteiger partial charge in [-0.05, 0) is 68.1 Å². The van der Waals surface area contributed by atoms with Gasteiger partial charge in [-0.2, -0.15) is 0 Å². The Morgan fingerprint density at radius 3 is 2.15 bits per heavy atom. The van der Waals surface area contributed by atoms with Crippen molar-refractivity contribution in [2.75, 3.05) is 24.3 Å². The molecule has 0 saturated heterocycles. The Morgan fingerprint density at radius 2 is 1.61 bits per heavy atom. The van der Waals surface area contributed by atoms with E-state index >= 15 is 0 Å². The third-order valence-corrected chi connectivity index (χ3v) is 5.53. The Kier molecular flexibility index (Phi) is 9.70. The fourth-order valence-electron chi connectivity index (χ4n) is 3.78. The molecule has 3 amide bonds. The Morgan fingerprint density at radius 1 is 0.970 bits per heavy atom. The molecule has 0 saturated carbocycles. The molecule has 2 N–H and O–H groups in total. The maximum absolute atomic E-state index is 13.4. The van der Waals surface area contributed by atoms with Gasteiger partial charge in [-0.1, -0.05) is 26.0 Å². The van der Waals surface area contributed by atoms with Crippen LogP contribution >= 0.6 is 0 Å². The van der Waals surface area contributed by atoms with Crippen LogP contribution in [0.1, 0.15) is 51.7 Å². The predicted octanol–water partition coefficient (Wildman–Crippen LogP) is 5.39. The summed E-state index contributed by atoms with van der Waals surface area (Å²) in [6.45, 7) is 8.60. The van der Waals surface area contributed by atoms with Gasteiger partial charge in [0.2, 0.25) is 5.91 Å². The molecular weight excluding hydrogens is 419 g/mol. The number of halogens is 1. The molecule has 2 aromatic carbocycles. The van der Waals surface area contributed by atoms with Crippen LogP contribution in [0.15, 0.2) is 42.5 Å². The summed E-state index contributed by atoms with van der Waals surface area (Å²) in [6, 6.07) is 11.7. The predicted molar refractivity (Wildman–Crippen MR) is 133 cm³/mol. The highest BCUT2D eigenvalue weighted by atomic mass is 19.1. The Labute approximate surface area is 197 Å². The lowest BCUT2D eigenvalue weighted by atomic mass is 10.0. The lowest BCUT2D eigenvalue weighted by Gasteiger charge is -2.29. The smallest absolute Gasteiger partial charge is 0.319 e. The maximum atomic E-state index is 13.4. The van der Waals surface area contributed by atoms with Gasteiger partial charge in [-0.25, -0.2) is 9.18 Å². The van der Waals surface area contributed by atoms with Gasteiger partial charge >= 0.3 is 6.03 Å². The summed E-state index contributed by atoms with van der Waals surface area (Å²) in [5.41, 5.74) is 3.41. The zero-order valence-electron chi connectivity index (χ0n) is 20.6. The Balaban J connectivity index is 2.38. The van der Waals surface area contributed by atoms with Crippen LogP contribution in [0.3, 0.4) is 0 Å². The Bertz CT molecular complexity index is 924. The molecule has 0 spiro atoms. The molecule has 0 radical (unpaired) electrons. The maximum Gasteiger partial charge on any atom is 0.319 e. The van der Waals surface area contributed by atoms with Crippen LogP contribution in [0.25, 0.3) is 0 Å². The van der Waals surface area contributed by atoms with Gasteiger partial charge in [0.25, 0.3) is 0 Å². The lowest BCUT2D eigenvalue weighted by Crippen LogP contribution is -2.36. The first kappa shape index (κ1) is 26.2. The summed E-state index contributed by atoms with van der Waals surface area (Å²) in [5.74, 6) is -0.304. The number of nitrogens with one attached hydrogen (secondary N) is 2. The van der Waals surface area contributed by atoms with Crippen LogP contribution in [-0.4, -0.2) is 37.0 Å². The average Bonchev–Trinajstić information content (AvgIpc) is 2.75. The van der Waals surface area contributed by atoms with Crippen LogP contribution in [-0.2, 0) is 17.9 Å². The number of hydrogen-bond acceptors (Lipinski definition) is 3. The second kappa shape index (κ2) is 12.2. The highest BCUT2D eigenvalue weighted by Gasteiger charge is 2.23. The number of benzene rings is 2. The van der Waals surface area contributed by atoms with Gasteiger partial charge in [-0.3, -0.25) is 4.79 Å². The molecule has 2 rings (SSSR count). The number of carbonyl (C=O) groups is 2. The summed E-state index contributed by atoms with van der Waals surface area (Å²) >= 11 is 0. The lowest BCUT2D eigenvalue weighted by molar-refractivity contribution is -0.137. The van der Waals surface area contributed by atoms with Gasteiger partial charge in [0.15, 0.2) is 0 Å². The number of carbonyl (C=O) groups excluding carboxylic acids is 2. The van der Waals surface area contributed by atoms with Crippen molar-refractivity contribution < 1.29 is 14.0 Å². The van der Waals surface area contributed by atoms with Crippen LogP contribution in [0.5, 0.6) is 0 Å². The standard InChI is InChI=1S/C26H37FN4O2/c1-7-20(8-2)25(32)31(16-19-9-11-22(27)12-10-19)17-21-15-23(13-14-24(21)30(5)6)29-26(33)28-18(3)4/h9-15,18,20H,7-8,16-17H2,1-6H3,(H2,28,29,33). The van der Waals surface area contributed by atoms with E-state index in [2.05, 4.69) is 10.6 Å².